The molecule has 6 heteroatoms. The third-order valence-corrected chi connectivity index (χ3v) is 1.61. The van der Waals surface area contributed by atoms with Crippen LogP contribution >= 0.6 is 0 Å². The van der Waals surface area contributed by atoms with E-state index in [2.05, 4.69) is 4.98 Å². The molecular weight excluding hydrogens is 224 g/mol. The molecule has 0 aliphatic heterocycles. The number of pyridine rings is 1. The second kappa shape index (κ2) is 6.78. The number of hydrogen-bond donors (Lipinski definition) is 1. The van der Waals surface area contributed by atoms with E-state index in [1.165, 1.54) is 0 Å². The van der Waals surface area contributed by atoms with Crippen molar-refractivity contribution in [3.8, 4) is 11.5 Å². The maximum absolute atomic E-state index is 8.36. The van der Waals surface area contributed by atoms with Crippen molar-refractivity contribution >= 4 is 0 Å². The minimum Gasteiger partial charge on any atom is -0.456 e. The molecule has 1 aromatic carbocycles. The zero-order chi connectivity index (χ0) is 12.5. The lowest BCUT2D eigenvalue weighted by Gasteiger charge is -2.03. The van der Waals surface area contributed by atoms with Crippen LogP contribution in [-0.2, 0) is 0 Å². The summed E-state index contributed by atoms with van der Waals surface area (Å²) in [6, 6.07) is 13.4. The summed E-state index contributed by atoms with van der Waals surface area (Å²) in [7, 11) is 0. The summed E-state index contributed by atoms with van der Waals surface area (Å²) in [5.41, 5.74) is 0. The molecule has 0 atom stereocenters. The van der Waals surface area contributed by atoms with Crippen molar-refractivity contribution in [2.24, 2.45) is 0 Å². The van der Waals surface area contributed by atoms with E-state index in [0.29, 0.717) is 0 Å². The molecule has 0 saturated carbocycles. The van der Waals surface area contributed by atoms with E-state index >= 15 is 0 Å². The van der Waals surface area contributed by atoms with Gasteiger partial charge in [-0.05, 0) is 24.3 Å². The molecule has 1 aromatic heterocycles. The van der Waals surface area contributed by atoms with Gasteiger partial charge in [-0.3, -0.25) is 4.98 Å². The molecular formula is C11H10N2O4. The van der Waals surface area contributed by atoms with E-state index in [1.807, 2.05) is 42.5 Å². The van der Waals surface area contributed by atoms with Crippen LogP contribution in [0, 0.1) is 10.1 Å². The quantitative estimate of drug-likeness (QED) is 0.637. The van der Waals surface area contributed by atoms with E-state index in [0.717, 1.165) is 11.5 Å². The summed E-state index contributed by atoms with van der Waals surface area (Å²) in [6.07, 6.45) is 3.41. The molecule has 0 radical (unpaired) electrons. The molecule has 0 aliphatic rings. The Morgan fingerprint density at radius 2 is 1.71 bits per heavy atom. The summed E-state index contributed by atoms with van der Waals surface area (Å²) in [6.45, 7) is 0. The molecule has 0 aliphatic carbocycles. The predicted octanol–water partition coefficient (Wildman–Crippen LogP) is 2.53. The van der Waals surface area contributed by atoms with Gasteiger partial charge in [0.1, 0.15) is 11.5 Å². The highest BCUT2D eigenvalue weighted by atomic mass is 16.9. The number of aromatic nitrogens is 1. The Bertz CT molecular complexity index is 406. The maximum atomic E-state index is 8.36. The molecule has 0 bridgehead atoms. The highest BCUT2D eigenvalue weighted by molar-refractivity contribution is 5.28. The van der Waals surface area contributed by atoms with Crippen molar-refractivity contribution in [3.63, 3.8) is 0 Å². The fourth-order valence-corrected chi connectivity index (χ4v) is 1.03. The second-order valence-corrected chi connectivity index (χ2v) is 2.84. The molecule has 1 N–H and O–H groups in total. The Hall–Kier alpha value is -2.63. The first-order valence-corrected chi connectivity index (χ1v) is 4.64. The molecule has 0 spiro atoms. The van der Waals surface area contributed by atoms with E-state index in [-0.39, 0.29) is 0 Å². The van der Waals surface area contributed by atoms with Gasteiger partial charge in [0.05, 0.1) is 6.20 Å². The third kappa shape index (κ3) is 5.73. The zero-order valence-electron chi connectivity index (χ0n) is 8.76. The third-order valence-electron chi connectivity index (χ3n) is 1.61. The Balaban J connectivity index is 0.000000317. The summed E-state index contributed by atoms with van der Waals surface area (Å²) in [5, 5.41) is 13.6. The van der Waals surface area contributed by atoms with Crippen LogP contribution in [0.1, 0.15) is 0 Å². The Labute approximate surface area is 97.2 Å². The smallest absolute Gasteiger partial charge is 0.291 e. The lowest BCUT2D eigenvalue weighted by molar-refractivity contribution is -0.742. The SMILES string of the molecule is O=[N+]([O-])O.c1ccc(Oc2cccnc2)cc1. The van der Waals surface area contributed by atoms with E-state index in [4.69, 9.17) is 20.1 Å². The lowest BCUT2D eigenvalue weighted by atomic mass is 10.3. The molecule has 2 aromatic rings. The van der Waals surface area contributed by atoms with Crippen LogP contribution in [0.4, 0.5) is 0 Å². The molecule has 0 unspecified atom stereocenters. The van der Waals surface area contributed by atoms with Crippen molar-refractivity contribution in [2.45, 2.75) is 0 Å². The number of hydrogen-bond acceptors (Lipinski definition) is 4. The first-order chi connectivity index (χ1) is 8.18. The van der Waals surface area contributed by atoms with Crippen LogP contribution in [0.5, 0.6) is 11.5 Å². The van der Waals surface area contributed by atoms with E-state index in [1.54, 1.807) is 12.4 Å². The van der Waals surface area contributed by atoms with E-state index in [9.17, 15) is 0 Å². The molecule has 88 valence electrons. The predicted molar refractivity (Wildman–Crippen MR) is 59.5 cm³/mol. The van der Waals surface area contributed by atoms with Crippen LogP contribution in [0.25, 0.3) is 0 Å². The van der Waals surface area contributed by atoms with Gasteiger partial charge in [-0.25, -0.2) is 0 Å². The van der Waals surface area contributed by atoms with Crippen LogP contribution in [0.2, 0.25) is 0 Å². The van der Waals surface area contributed by atoms with Crippen molar-refractivity contribution in [1.29, 1.82) is 0 Å². The van der Waals surface area contributed by atoms with Gasteiger partial charge < -0.3 is 9.94 Å². The van der Waals surface area contributed by atoms with Gasteiger partial charge in [0, 0.05) is 6.20 Å². The minimum atomic E-state index is -1.50. The fourth-order valence-electron chi connectivity index (χ4n) is 1.03. The summed E-state index contributed by atoms with van der Waals surface area (Å²) in [4.78, 5) is 12.3. The second-order valence-electron chi connectivity index (χ2n) is 2.84. The Morgan fingerprint density at radius 3 is 2.24 bits per heavy atom. The van der Waals surface area contributed by atoms with E-state index < -0.39 is 5.09 Å². The highest BCUT2D eigenvalue weighted by Gasteiger charge is 1.93. The molecule has 0 amide bonds. The largest absolute Gasteiger partial charge is 0.456 e. The topological polar surface area (TPSA) is 85.5 Å². The number of para-hydroxylation sites is 1. The number of rotatable bonds is 2. The first kappa shape index (κ1) is 12.4. The Morgan fingerprint density at radius 1 is 1.12 bits per heavy atom. The molecule has 17 heavy (non-hydrogen) atoms. The summed E-state index contributed by atoms with van der Waals surface area (Å²) < 4.78 is 5.52. The van der Waals surface area contributed by atoms with Crippen LogP contribution in [0.15, 0.2) is 54.9 Å². The van der Waals surface area contributed by atoms with Gasteiger partial charge in [0.15, 0.2) is 0 Å². The maximum Gasteiger partial charge on any atom is 0.291 e. The van der Waals surface area contributed by atoms with Crippen molar-refractivity contribution < 1.29 is 15.0 Å². The average molecular weight is 234 g/mol. The summed E-state index contributed by atoms with van der Waals surface area (Å²) in [5.74, 6) is 1.59. The van der Waals surface area contributed by atoms with Gasteiger partial charge >= 0.3 is 0 Å². The van der Waals surface area contributed by atoms with Crippen LogP contribution < -0.4 is 4.74 Å². The zero-order valence-corrected chi connectivity index (χ0v) is 8.76. The highest BCUT2D eigenvalue weighted by Crippen LogP contribution is 2.18. The lowest BCUT2D eigenvalue weighted by Crippen LogP contribution is -1.83. The standard InChI is InChI=1S/C11H9NO.HNO3/c1-2-5-10(6-3-1)13-11-7-4-8-12-9-11;2-1(3)4/h1-9H;(H,2,3,4). The van der Waals surface area contributed by atoms with Crippen LogP contribution in [0.3, 0.4) is 0 Å². The number of nitrogens with zero attached hydrogens (tertiary/aromatic N) is 2. The fraction of sp³-hybridized carbons (Fsp3) is 0. The first-order valence-electron chi connectivity index (χ1n) is 4.64. The van der Waals surface area contributed by atoms with Crippen molar-refractivity contribution in [1.82, 2.24) is 4.98 Å². The van der Waals surface area contributed by atoms with Gasteiger partial charge in [-0.2, -0.15) is 0 Å². The number of benzene rings is 1. The molecule has 6 nitrogen and oxygen atoms in total. The van der Waals surface area contributed by atoms with Crippen molar-refractivity contribution in [3.05, 3.63) is 65.0 Å². The van der Waals surface area contributed by atoms with Gasteiger partial charge in [0.2, 0.25) is 0 Å². The monoisotopic (exact) mass is 234 g/mol. The van der Waals surface area contributed by atoms with Crippen molar-refractivity contribution in [2.75, 3.05) is 0 Å². The minimum absolute atomic E-state index is 0.758. The molecule has 0 saturated heterocycles. The van der Waals surface area contributed by atoms with Crippen LogP contribution in [-0.4, -0.2) is 15.3 Å². The van der Waals surface area contributed by atoms with Gasteiger partial charge in [-0.15, -0.1) is 10.1 Å². The molecule has 2 rings (SSSR count). The van der Waals surface area contributed by atoms with Gasteiger partial charge in [0.25, 0.3) is 5.09 Å². The molecule has 1 heterocycles. The average Bonchev–Trinajstić information content (AvgIpc) is 2.31. The normalized spacial score (nSPS) is 8.71. The molecule has 0 fully saturated rings. The Kier molecular flexibility index (Phi) is 4.96. The number of ether oxygens (including phenoxy) is 1. The summed E-state index contributed by atoms with van der Waals surface area (Å²) >= 11 is 0. The van der Waals surface area contributed by atoms with Gasteiger partial charge in [-0.1, -0.05) is 18.2 Å².